The number of carbonyl (C=O) groups is 2. The Balaban J connectivity index is 1.84. The third-order valence-electron chi connectivity index (χ3n) is 3.07. The fourth-order valence-electron chi connectivity index (χ4n) is 1.83. The van der Waals surface area contributed by atoms with Crippen LogP contribution in [0.5, 0.6) is 0 Å². The zero-order chi connectivity index (χ0) is 19.2. The van der Waals surface area contributed by atoms with E-state index in [4.69, 9.17) is 11.6 Å². The fraction of sp³-hybridized carbons (Fsp3) is 0.188. The number of hydrogen-bond donors (Lipinski definition) is 2. The number of rotatable bonds is 6. The Morgan fingerprint density at radius 2 is 1.92 bits per heavy atom. The van der Waals surface area contributed by atoms with Gasteiger partial charge in [0.05, 0.1) is 22.5 Å². The molecular weight excluding hydrogens is 391 g/mol. The minimum absolute atomic E-state index is 0.0312. The van der Waals surface area contributed by atoms with Crippen LogP contribution in [-0.2, 0) is 15.8 Å². The summed E-state index contributed by atoms with van der Waals surface area (Å²) in [6.07, 6.45) is -3.49. The van der Waals surface area contributed by atoms with E-state index in [-0.39, 0.29) is 23.6 Å². The molecule has 138 valence electrons. The molecule has 0 aliphatic rings. The van der Waals surface area contributed by atoms with E-state index in [2.05, 4.69) is 15.8 Å². The highest BCUT2D eigenvalue weighted by Crippen LogP contribution is 2.33. The summed E-state index contributed by atoms with van der Waals surface area (Å²) in [6.45, 7) is 0. The van der Waals surface area contributed by atoms with Crippen LogP contribution in [0.2, 0.25) is 5.02 Å². The van der Waals surface area contributed by atoms with Crippen LogP contribution in [0.3, 0.4) is 0 Å². The number of benzene rings is 1. The normalized spacial score (nSPS) is 11.5. The van der Waals surface area contributed by atoms with Gasteiger partial charge in [0.1, 0.15) is 0 Å². The number of hydrogen-bond acceptors (Lipinski definition) is 4. The summed E-state index contributed by atoms with van der Waals surface area (Å²) in [6, 6.07) is 6.25. The van der Waals surface area contributed by atoms with Crippen LogP contribution in [0.25, 0.3) is 0 Å². The SMILES string of the molecule is O=C(CCC(=O)Nc1cc(C(F)(F)F)ccc1Cl)N/N=C/c1cccs1. The van der Waals surface area contributed by atoms with Gasteiger partial charge in [0, 0.05) is 17.7 Å². The quantitative estimate of drug-likeness (QED) is 0.558. The van der Waals surface area contributed by atoms with E-state index in [1.165, 1.54) is 17.6 Å². The number of amides is 2. The van der Waals surface area contributed by atoms with Crippen LogP contribution in [0.4, 0.5) is 18.9 Å². The smallest absolute Gasteiger partial charge is 0.325 e. The van der Waals surface area contributed by atoms with E-state index in [9.17, 15) is 22.8 Å². The Hall–Kier alpha value is -2.39. The van der Waals surface area contributed by atoms with Crippen molar-refractivity contribution in [1.82, 2.24) is 5.43 Å². The molecule has 2 rings (SSSR count). The average molecular weight is 404 g/mol. The maximum Gasteiger partial charge on any atom is 0.416 e. The zero-order valence-electron chi connectivity index (χ0n) is 13.1. The van der Waals surface area contributed by atoms with E-state index in [0.717, 1.165) is 23.1 Å². The lowest BCUT2D eigenvalue weighted by Gasteiger charge is -2.11. The first-order chi connectivity index (χ1) is 12.3. The number of carbonyl (C=O) groups excluding carboxylic acids is 2. The van der Waals surface area contributed by atoms with Gasteiger partial charge in [-0.1, -0.05) is 17.7 Å². The summed E-state index contributed by atoms with van der Waals surface area (Å²) >= 11 is 7.23. The van der Waals surface area contributed by atoms with Crippen LogP contribution in [-0.4, -0.2) is 18.0 Å². The van der Waals surface area contributed by atoms with Crippen LogP contribution < -0.4 is 10.7 Å². The first-order valence-corrected chi connectivity index (χ1v) is 8.53. The van der Waals surface area contributed by atoms with Gasteiger partial charge < -0.3 is 5.32 Å². The number of hydrazone groups is 1. The van der Waals surface area contributed by atoms with Gasteiger partial charge in [-0.25, -0.2) is 5.43 Å². The maximum absolute atomic E-state index is 12.7. The number of nitrogens with zero attached hydrogens (tertiary/aromatic N) is 1. The van der Waals surface area contributed by atoms with Crippen molar-refractivity contribution in [2.24, 2.45) is 5.10 Å². The van der Waals surface area contributed by atoms with Crippen molar-refractivity contribution < 1.29 is 22.8 Å². The molecule has 1 aromatic carbocycles. The zero-order valence-corrected chi connectivity index (χ0v) is 14.7. The summed E-state index contributed by atoms with van der Waals surface area (Å²) in [5, 5.41) is 7.83. The molecule has 0 aliphatic heterocycles. The highest BCUT2D eigenvalue weighted by Gasteiger charge is 2.31. The first-order valence-electron chi connectivity index (χ1n) is 7.27. The predicted octanol–water partition coefficient (Wildman–Crippen LogP) is 4.29. The van der Waals surface area contributed by atoms with Gasteiger partial charge in [0.2, 0.25) is 11.8 Å². The van der Waals surface area contributed by atoms with Gasteiger partial charge in [-0.15, -0.1) is 11.3 Å². The number of nitrogens with one attached hydrogen (secondary N) is 2. The third kappa shape index (κ3) is 6.16. The van der Waals surface area contributed by atoms with Crippen LogP contribution >= 0.6 is 22.9 Å². The molecule has 10 heteroatoms. The largest absolute Gasteiger partial charge is 0.416 e. The van der Waals surface area contributed by atoms with Crippen molar-refractivity contribution in [3.8, 4) is 0 Å². The molecule has 0 fully saturated rings. The Labute approximate surface area is 155 Å². The molecule has 0 radical (unpaired) electrons. The van der Waals surface area contributed by atoms with E-state index in [1.54, 1.807) is 0 Å². The average Bonchev–Trinajstić information content (AvgIpc) is 3.07. The second-order valence-corrected chi connectivity index (χ2v) is 6.44. The lowest BCUT2D eigenvalue weighted by molar-refractivity contribution is -0.137. The molecule has 0 spiro atoms. The van der Waals surface area contributed by atoms with Gasteiger partial charge in [0.25, 0.3) is 0 Å². The molecule has 0 bridgehead atoms. The van der Waals surface area contributed by atoms with E-state index in [0.29, 0.717) is 0 Å². The highest BCUT2D eigenvalue weighted by atomic mass is 35.5. The van der Waals surface area contributed by atoms with Gasteiger partial charge in [-0.05, 0) is 29.6 Å². The fourth-order valence-corrected chi connectivity index (χ4v) is 2.58. The third-order valence-corrected chi connectivity index (χ3v) is 4.21. The molecular formula is C16H13ClF3N3O2S. The molecule has 2 amide bonds. The molecule has 2 N–H and O–H groups in total. The predicted molar refractivity (Wildman–Crippen MR) is 94.4 cm³/mol. The van der Waals surface area contributed by atoms with Crippen molar-refractivity contribution in [2.45, 2.75) is 19.0 Å². The summed E-state index contributed by atoms with van der Waals surface area (Å²) in [4.78, 5) is 24.3. The van der Waals surface area contributed by atoms with Crippen molar-refractivity contribution in [1.29, 1.82) is 0 Å². The summed E-state index contributed by atoms with van der Waals surface area (Å²) in [5.41, 5.74) is 1.17. The monoisotopic (exact) mass is 403 g/mol. The highest BCUT2D eigenvalue weighted by molar-refractivity contribution is 7.11. The molecule has 0 aliphatic carbocycles. The second kappa shape index (κ2) is 8.81. The van der Waals surface area contributed by atoms with Gasteiger partial charge in [-0.3, -0.25) is 9.59 Å². The molecule has 0 saturated carbocycles. The van der Waals surface area contributed by atoms with E-state index in [1.807, 2.05) is 17.5 Å². The summed E-state index contributed by atoms with van der Waals surface area (Å²) < 4.78 is 38.1. The Morgan fingerprint density at radius 1 is 1.19 bits per heavy atom. The minimum atomic E-state index is -4.55. The van der Waals surface area contributed by atoms with E-state index >= 15 is 0 Å². The van der Waals surface area contributed by atoms with Crippen molar-refractivity contribution in [2.75, 3.05) is 5.32 Å². The van der Waals surface area contributed by atoms with Crippen molar-refractivity contribution >= 4 is 46.7 Å². The molecule has 26 heavy (non-hydrogen) atoms. The number of halogens is 4. The Kier molecular flexibility index (Phi) is 6.76. The standard InChI is InChI=1S/C16H13ClF3N3O2S/c17-12-4-3-10(16(18,19)20)8-13(12)22-14(24)5-6-15(25)23-21-9-11-2-1-7-26-11/h1-4,7-9H,5-6H2,(H,22,24)(H,23,25)/b21-9+. The molecule has 0 atom stereocenters. The van der Waals surface area contributed by atoms with Gasteiger partial charge in [-0.2, -0.15) is 18.3 Å². The Bertz CT molecular complexity index is 808. The van der Waals surface area contributed by atoms with E-state index < -0.39 is 23.6 Å². The number of anilines is 1. The topological polar surface area (TPSA) is 70.6 Å². The van der Waals surface area contributed by atoms with Crippen LogP contribution in [0, 0.1) is 0 Å². The molecule has 0 saturated heterocycles. The second-order valence-electron chi connectivity index (χ2n) is 5.05. The van der Waals surface area contributed by atoms with Crippen LogP contribution in [0.1, 0.15) is 23.3 Å². The van der Waals surface area contributed by atoms with Gasteiger partial charge >= 0.3 is 6.18 Å². The minimum Gasteiger partial charge on any atom is -0.325 e. The Morgan fingerprint density at radius 3 is 2.58 bits per heavy atom. The lowest BCUT2D eigenvalue weighted by Crippen LogP contribution is -2.20. The van der Waals surface area contributed by atoms with Crippen molar-refractivity contribution in [3.05, 3.63) is 51.2 Å². The number of alkyl halides is 3. The first kappa shape index (κ1) is 19.9. The summed E-state index contributed by atoms with van der Waals surface area (Å²) in [5.74, 6) is -1.13. The number of thiophene rings is 1. The van der Waals surface area contributed by atoms with Gasteiger partial charge in [0.15, 0.2) is 0 Å². The molecule has 0 unspecified atom stereocenters. The maximum atomic E-state index is 12.7. The van der Waals surface area contributed by atoms with Crippen LogP contribution in [0.15, 0.2) is 40.8 Å². The van der Waals surface area contributed by atoms with Crippen molar-refractivity contribution in [3.63, 3.8) is 0 Å². The molecule has 1 heterocycles. The summed E-state index contributed by atoms with van der Waals surface area (Å²) in [7, 11) is 0. The molecule has 2 aromatic rings. The molecule has 1 aromatic heterocycles. The lowest BCUT2D eigenvalue weighted by atomic mass is 10.2. The molecule has 5 nitrogen and oxygen atoms in total.